The maximum Gasteiger partial charge on any atom is 0.407 e. The number of imidazole rings is 2. The van der Waals surface area contributed by atoms with Gasteiger partial charge in [0, 0.05) is 23.4 Å². The highest BCUT2D eigenvalue weighted by molar-refractivity contribution is 6.07. The van der Waals surface area contributed by atoms with E-state index in [0.29, 0.717) is 12.5 Å². The summed E-state index contributed by atoms with van der Waals surface area (Å²) in [5.74, 6) is 1.37. The standard InChI is InChI=1S/C46H52N8O6/c1-23(2)36(51-45(57)59-5)43(55)53-19-7-8-35(53)41-47-33-17-12-27-20-25(10-15-31(27)38(33)49-41)26-11-16-32-28(21-26)13-18-34-39(32)50-42(48-34)40-29-9-14-30(22-29)54(40)44(56)37(24(3)4)52-46(58)60-6/h10-13,15-18,20-21,23-24,29-30,35-37,40H,7-9,14,19,22H2,1-6H3,(H,47,49)(H,48,50)(H,51,57)(H,52,58). The maximum absolute atomic E-state index is 14.1. The van der Waals surface area contributed by atoms with E-state index in [1.807, 2.05) is 43.6 Å². The van der Waals surface area contributed by atoms with E-state index in [1.165, 1.54) is 14.2 Å². The Hall–Kier alpha value is -6.18. The predicted octanol–water partition coefficient (Wildman–Crippen LogP) is 7.89. The molecule has 6 aromatic rings. The number of carbonyl (C=O) groups is 4. The Morgan fingerprint density at radius 2 is 1.25 bits per heavy atom. The van der Waals surface area contributed by atoms with Gasteiger partial charge in [0.05, 0.1) is 48.4 Å². The second-order valence-corrected chi connectivity index (χ2v) is 17.4. The molecule has 6 atom stereocenters. The van der Waals surface area contributed by atoms with E-state index < -0.39 is 24.3 Å². The van der Waals surface area contributed by atoms with Crippen molar-refractivity contribution >= 4 is 67.6 Å². The molecule has 1 saturated carbocycles. The summed E-state index contributed by atoms with van der Waals surface area (Å²) in [4.78, 5) is 73.3. The molecule has 2 saturated heterocycles. The van der Waals surface area contributed by atoms with Crippen molar-refractivity contribution in [1.82, 2.24) is 40.4 Å². The van der Waals surface area contributed by atoms with Gasteiger partial charge >= 0.3 is 12.2 Å². The van der Waals surface area contributed by atoms with Crippen molar-refractivity contribution in [3.05, 3.63) is 72.3 Å². The Morgan fingerprint density at radius 1 is 0.700 bits per heavy atom. The van der Waals surface area contributed by atoms with Crippen molar-refractivity contribution in [2.75, 3.05) is 20.8 Å². The lowest BCUT2D eigenvalue weighted by atomic mass is 9.95. The molecule has 3 fully saturated rings. The summed E-state index contributed by atoms with van der Waals surface area (Å²) >= 11 is 0. The minimum atomic E-state index is -0.698. The number of H-pyrrole nitrogens is 2. The zero-order valence-electron chi connectivity index (χ0n) is 34.9. The smallest absolute Gasteiger partial charge is 0.407 e. The number of hydrogen-bond donors (Lipinski definition) is 4. The predicted molar refractivity (Wildman–Crippen MR) is 229 cm³/mol. The van der Waals surface area contributed by atoms with Gasteiger partial charge in [-0.25, -0.2) is 19.6 Å². The van der Waals surface area contributed by atoms with Crippen molar-refractivity contribution in [2.45, 2.75) is 90.0 Å². The number of aromatic amines is 2. The van der Waals surface area contributed by atoms with Crippen LogP contribution >= 0.6 is 0 Å². The third-order valence-corrected chi connectivity index (χ3v) is 13.1. The first kappa shape index (κ1) is 39.3. The molecule has 4 aromatic carbocycles. The SMILES string of the molecule is COC(=O)NC(C(=O)N1CCCC1c1nc2c(ccc3cc(-c4ccc5c(ccc6[nH]c(C7C8CCC(C8)N7C(=O)C(NC(=O)OC)C(C)C)nc65)c4)ccc32)[nH]1)C(C)C. The van der Waals surface area contributed by atoms with Crippen molar-refractivity contribution in [3.8, 4) is 11.1 Å². The first-order chi connectivity index (χ1) is 28.9. The number of benzene rings is 4. The molecule has 0 radical (unpaired) electrons. The number of nitrogens with one attached hydrogen (secondary N) is 4. The Balaban J connectivity index is 0.986. The molecule has 4 amide bonds. The number of rotatable bonds is 9. The summed E-state index contributed by atoms with van der Waals surface area (Å²) in [6, 6.07) is 19.5. The van der Waals surface area contributed by atoms with Crippen LogP contribution in [-0.4, -0.2) is 92.6 Å². The molecule has 9 rings (SSSR count). The molecule has 4 heterocycles. The molecular formula is C46H52N8O6. The van der Waals surface area contributed by atoms with E-state index in [2.05, 4.69) is 75.2 Å². The van der Waals surface area contributed by atoms with Crippen LogP contribution in [0.5, 0.6) is 0 Å². The highest BCUT2D eigenvalue weighted by Crippen LogP contribution is 2.50. The minimum Gasteiger partial charge on any atom is -0.453 e. The van der Waals surface area contributed by atoms with Crippen LogP contribution in [-0.2, 0) is 19.1 Å². The van der Waals surface area contributed by atoms with Gasteiger partial charge in [0.2, 0.25) is 11.8 Å². The van der Waals surface area contributed by atoms with Crippen LogP contribution in [0.25, 0.3) is 54.7 Å². The van der Waals surface area contributed by atoms with Crippen molar-refractivity contribution in [2.24, 2.45) is 17.8 Å². The molecule has 3 aliphatic rings. The van der Waals surface area contributed by atoms with Crippen LogP contribution in [0.1, 0.15) is 83.5 Å². The first-order valence-corrected chi connectivity index (χ1v) is 21.1. The summed E-state index contributed by atoms with van der Waals surface area (Å²) in [5.41, 5.74) is 5.70. The number of nitrogens with zero attached hydrogens (tertiary/aromatic N) is 4. The number of likely N-dealkylation sites (tertiary alicyclic amines) is 2. The van der Waals surface area contributed by atoms with Gasteiger partial charge in [0.25, 0.3) is 0 Å². The third-order valence-electron chi connectivity index (χ3n) is 13.1. The zero-order chi connectivity index (χ0) is 42.0. The van der Waals surface area contributed by atoms with Gasteiger partial charge in [-0.3, -0.25) is 9.59 Å². The lowest BCUT2D eigenvalue weighted by Crippen LogP contribution is -2.54. The molecule has 312 valence electrons. The quantitative estimate of drug-likeness (QED) is 0.114. The number of aromatic nitrogens is 4. The van der Waals surface area contributed by atoms with Gasteiger partial charge in [0.1, 0.15) is 23.7 Å². The van der Waals surface area contributed by atoms with Crippen LogP contribution in [0.2, 0.25) is 0 Å². The highest BCUT2D eigenvalue weighted by Gasteiger charge is 2.51. The molecule has 14 nitrogen and oxygen atoms in total. The average molecular weight is 813 g/mol. The summed E-state index contributed by atoms with van der Waals surface area (Å²) in [6.07, 6.45) is 3.30. The Labute approximate surface area is 347 Å². The summed E-state index contributed by atoms with van der Waals surface area (Å²) < 4.78 is 9.65. The number of alkyl carbamates (subject to hydrolysis) is 2. The van der Waals surface area contributed by atoms with Crippen LogP contribution in [0.4, 0.5) is 9.59 Å². The van der Waals surface area contributed by atoms with Gasteiger partial charge < -0.3 is 39.9 Å². The van der Waals surface area contributed by atoms with Crippen LogP contribution in [0, 0.1) is 17.8 Å². The lowest BCUT2D eigenvalue weighted by Gasteiger charge is -2.37. The lowest BCUT2D eigenvalue weighted by molar-refractivity contribution is -0.139. The molecule has 2 aromatic heterocycles. The van der Waals surface area contributed by atoms with Gasteiger partial charge in [-0.1, -0.05) is 64.1 Å². The molecular weight excluding hydrogens is 761 g/mol. The molecule has 6 unspecified atom stereocenters. The molecule has 1 aliphatic carbocycles. The van der Waals surface area contributed by atoms with Crippen LogP contribution in [0.3, 0.4) is 0 Å². The fourth-order valence-corrected chi connectivity index (χ4v) is 10.0. The van der Waals surface area contributed by atoms with Gasteiger partial charge in [0.15, 0.2) is 0 Å². The first-order valence-electron chi connectivity index (χ1n) is 21.1. The van der Waals surface area contributed by atoms with Gasteiger partial charge in [-0.15, -0.1) is 0 Å². The third kappa shape index (κ3) is 6.75. The Bertz CT molecular complexity index is 2670. The maximum atomic E-state index is 14.1. The fourth-order valence-electron chi connectivity index (χ4n) is 10.0. The van der Waals surface area contributed by atoms with Crippen molar-refractivity contribution in [1.29, 1.82) is 0 Å². The second kappa shape index (κ2) is 15.4. The minimum absolute atomic E-state index is 0.0926. The van der Waals surface area contributed by atoms with Crippen molar-refractivity contribution < 1.29 is 28.7 Å². The van der Waals surface area contributed by atoms with Gasteiger partial charge in [-0.05, 0) is 96.0 Å². The number of fused-ring (bicyclic) bond motifs is 8. The number of amides is 4. The molecule has 60 heavy (non-hydrogen) atoms. The van der Waals surface area contributed by atoms with E-state index in [9.17, 15) is 19.2 Å². The van der Waals surface area contributed by atoms with Crippen molar-refractivity contribution in [3.63, 3.8) is 0 Å². The Morgan fingerprint density at radius 3 is 1.82 bits per heavy atom. The summed E-state index contributed by atoms with van der Waals surface area (Å²) in [7, 11) is 2.61. The largest absolute Gasteiger partial charge is 0.453 e. The Kier molecular flexibility index (Phi) is 10.1. The number of ether oxygens (including phenoxy) is 2. The van der Waals surface area contributed by atoms with Crippen LogP contribution < -0.4 is 10.6 Å². The summed E-state index contributed by atoms with van der Waals surface area (Å²) in [5, 5.41) is 9.66. The molecule has 0 spiro atoms. The van der Waals surface area contributed by atoms with E-state index >= 15 is 0 Å². The fraction of sp³-hybridized carbons (Fsp3) is 0.435. The number of methoxy groups -OCH3 is 2. The van der Waals surface area contributed by atoms with Crippen LogP contribution in [0.15, 0.2) is 60.7 Å². The summed E-state index contributed by atoms with van der Waals surface area (Å²) in [6.45, 7) is 8.28. The number of piperidine rings is 1. The number of carbonyl (C=O) groups excluding carboxylic acids is 4. The average Bonchev–Trinajstić information content (AvgIpc) is 4.11. The zero-order valence-corrected chi connectivity index (χ0v) is 34.9. The molecule has 4 N–H and O–H groups in total. The second-order valence-electron chi connectivity index (χ2n) is 17.4. The van der Waals surface area contributed by atoms with E-state index in [4.69, 9.17) is 19.4 Å². The van der Waals surface area contributed by atoms with E-state index in [1.54, 1.807) is 0 Å². The molecule has 2 aliphatic heterocycles. The normalized spacial score (nSPS) is 21.1. The van der Waals surface area contributed by atoms with Gasteiger partial charge in [-0.2, -0.15) is 0 Å². The monoisotopic (exact) mass is 812 g/mol. The topological polar surface area (TPSA) is 175 Å². The van der Waals surface area contributed by atoms with E-state index in [-0.39, 0.29) is 41.8 Å². The van der Waals surface area contributed by atoms with E-state index in [0.717, 1.165) is 98.5 Å². The highest BCUT2D eigenvalue weighted by atomic mass is 16.5. The number of hydrogen-bond acceptors (Lipinski definition) is 8. The molecule has 14 heteroatoms. The molecule has 2 bridgehead atoms.